The molecule has 4 rings (SSSR count). The summed E-state index contributed by atoms with van der Waals surface area (Å²) in [6.07, 6.45) is -0.499. The lowest BCUT2D eigenvalue weighted by Crippen LogP contribution is -2.61. The lowest BCUT2D eigenvalue weighted by molar-refractivity contribution is -0.763. The van der Waals surface area contributed by atoms with Gasteiger partial charge in [0.2, 0.25) is 11.1 Å². The predicted octanol–water partition coefficient (Wildman–Crippen LogP) is 4.56. The number of amides is 1. The number of aromatic amines is 1. The minimum Gasteiger partial charge on any atom is -0.495 e. The second-order valence-electron chi connectivity index (χ2n) is 7.00. The molecule has 0 bridgehead atoms. The van der Waals surface area contributed by atoms with Gasteiger partial charge >= 0.3 is 11.3 Å². The molecule has 2 aromatic carbocycles. The maximum Gasteiger partial charge on any atom is 0.325 e. The maximum atomic E-state index is 13.3. The Hall–Kier alpha value is -2.36. The maximum absolute atomic E-state index is 13.3. The van der Waals surface area contributed by atoms with E-state index in [0.29, 0.717) is 42.9 Å². The van der Waals surface area contributed by atoms with Crippen LogP contribution < -0.4 is 19.9 Å². The van der Waals surface area contributed by atoms with E-state index in [-0.39, 0.29) is 17.9 Å². The van der Waals surface area contributed by atoms with Gasteiger partial charge in [-0.25, -0.2) is 4.90 Å². The number of hydrogen-bond donors (Lipinski definition) is 1. The molecule has 0 spiro atoms. The summed E-state index contributed by atoms with van der Waals surface area (Å²) in [7, 11) is 1.55. The fraction of sp³-hybridized carbons (Fsp3) is 0.273. The second kappa shape index (κ2) is 9.25. The number of nitrogens with one attached hydrogen (secondary N) is 1. The van der Waals surface area contributed by atoms with Crippen molar-refractivity contribution in [3.63, 3.8) is 0 Å². The molecule has 1 N–H and O–H groups in total. The van der Waals surface area contributed by atoms with Gasteiger partial charge in [-0.15, -0.1) is 0 Å². The van der Waals surface area contributed by atoms with Crippen LogP contribution in [0.4, 0.5) is 5.69 Å². The third-order valence-corrected chi connectivity index (χ3v) is 6.68. The van der Waals surface area contributed by atoms with Gasteiger partial charge in [-0.05, 0) is 50.6 Å². The van der Waals surface area contributed by atoms with E-state index >= 15 is 0 Å². The largest absolute Gasteiger partial charge is 0.495 e. The summed E-state index contributed by atoms with van der Waals surface area (Å²) in [6.45, 7) is 3.78. The molecule has 0 fully saturated rings. The van der Waals surface area contributed by atoms with E-state index in [4.69, 9.17) is 21.4 Å². The lowest BCUT2D eigenvalue weighted by atomic mass is 10.0. The molecule has 32 heavy (non-hydrogen) atoms. The van der Waals surface area contributed by atoms with E-state index < -0.39 is 6.17 Å². The van der Waals surface area contributed by atoms with Gasteiger partial charge in [0.15, 0.2) is 0 Å². The summed E-state index contributed by atoms with van der Waals surface area (Å²) in [5.74, 6) is 1.12. The average molecular weight is 537 g/mol. The van der Waals surface area contributed by atoms with Crippen LogP contribution in [0, 0.1) is 0 Å². The molecule has 1 atom stereocenters. The van der Waals surface area contributed by atoms with Crippen LogP contribution in [0.2, 0.25) is 5.02 Å². The number of carbonyl (C=O) groups excluding carboxylic acids is 1. The van der Waals surface area contributed by atoms with Crippen molar-refractivity contribution < 1.29 is 14.2 Å². The monoisotopic (exact) mass is 535 g/mol. The Morgan fingerprint density at radius 3 is 2.78 bits per heavy atom. The van der Waals surface area contributed by atoms with E-state index in [2.05, 4.69) is 20.9 Å². The van der Waals surface area contributed by atoms with Crippen LogP contribution in [-0.2, 0) is 4.79 Å². The first-order valence-electron chi connectivity index (χ1n) is 10.0. The van der Waals surface area contributed by atoms with Gasteiger partial charge in [0.25, 0.3) is 6.17 Å². The number of H-pyrrole nitrogens is 1. The normalized spacial score (nSPS) is 14.7. The topological polar surface area (TPSA) is 79.2 Å². The summed E-state index contributed by atoms with van der Waals surface area (Å²) in [4.78, 5) is 31.1. The number of aromatic nitrogens is 3. The highest BCUT2D eigenvalue weighted by molar-refractivity contribution is 9.10. The van der Waals surface area contributed by atoms with Crippen LogP contribution in [-0.4, -0.2) is 28.9 Å². The molecule has 1 aliphatic rings. The van der Waals surface area contributed by atoms with Crippen LogP contribution in [0.3, 0.4) is 0 Å². The molecule has 10 heteroatoms. The van der Waals surface area contributed by atoms with Crippen molar-refractivity contribution in [2.24, 2.45) is 0 Å². The first kappa shape index (κ1) is 22.8. The van der Waals surface area contributed by atoms with Crippen LogP contribution >= 0.6 is 39.3 Å². The van der Waals surface area contributed by atoms with Gasteiger partial charge in [0.05, 0.1) is 28.4 Å². The SMILES string of the molecule is CCSc1n[n+]2c(c(=O)[nH]1)-c1ccccc1N(C(=O)CC)[C@@H]2c1cc(Cl)cc(Br)c1OC. The van der Waals surface area contributed by atoms with E-state index in [1.54, 1.807) is 35.7 Å². The Balaban J connectivity index is 2.13. The number of benzene rings is 2. The highest BCUT2D eigenvalue weighted by Gasteiger charge is 2.47. The summed E-state index contributed by atoms with van der Waals surface area (Å²) in [5, 5.41) is 5.67. The number of ether oxygens (including phenoxy) is 1. The van der Waals surface area contributed by atoms with Crippen LogP contribution in [0.25, 0.3) is 11.3 Å². The van der Waals surface area contributed by atoms with Gasteiger partial charge in [0.1, 0.15) is 5.75 Å². The molecule has 0 saturated heterocycles. The third kappa shape index (κ3) is 3.82. The van der Waals surface area contributed by atoms with Crippen molar-refractivity contribution in [1.29, 1.82) is 0 Å². The quantitative estimate of drug-likeness (QED) is 0.382. The van der Waals surface area contributed by atoms with Gasteiger partial charge < -0.3 is 4.74 Å². The number of nitrogens with zero attached hydrogens (tertiary/aromatic N) is 3. The molecule has 2 heterocycles. The Morgan fingerprint density at radius 2 is 2.09 bits per heavy atom. The molecule has 1 aliphatic heterocycles. The van der Waals surface area contributed by atoms with Gasteiger partial charge in [0, 0.05) is 16.5 Å². The Labute approximate surface area is 202 Å². The molecule has 7 nitrogen and oxygen atoms in total. The molecular weight excluding hydrogens is 516 g/mol. The van der Waals surface area contributed by atoms with E-state index in [1.165, 1.54) is 11.8 Å². The average Bonchev–Trinajstić information content (AvgIpc) is 2.77. The molecule has 0 radical (unpaired) electrons. The van der Waals surface area contributed by atoms with Crippen molar-refractivity contribution in [1.82, 2.24) is 10.1 Å². The third-order valence-electron chi connectivity index (χ3n) is 5.13. The van der Waals surface area contributed by atoms with Crippen molar-refractivity contribution in [3.8, 4) is 17.0 Å². The number of para-hydroxylation sites is 1. The number of halogens is 2. The summed E-state index contributed by atoms with van der Waals surface area (Å²) < 4.78 is 7.93. The number of thioether (sulfide) groups is 1. The molecule has 3 aromatic rings. The van der Waals surface area contributed by atoms with Crippen LogP contribution in [0.1, 0.15) is 32.0 Å². The predicted molar refractivity (Wildman–Crippen MR) is 129 cm³/mol. The van der Waals surface area contributed by atoms with Crippen molar-refractivity contribution in [3.05, 3.63) is 61.8 Å². The lowest BCUT2D eigenvalue weighted by Gasteiger charge is -2.32. The Morgan fingerprint density at radius 1 is 1.34 bits per heavy atom. The van der Waals surface area contributed by atoms with E-state index in [0.717, 1.165) is 5.75 Å². The molecule has 0 unspecified atom stereocenters. The molecule has 0 saturated carbocycles. The van der Waals surface area contributed by atoms with Crippen molar-refractivity contribution >= 4 is 50.9 Å². The summed E-state index contributed by atoms with van der Waals surface area (Å²) in [5.41, 5.74) is 1.96. The highest BCUT2D eigenvalue weighted by atomic mass is 79.9. The number of rotatable bonds is 5. The standard InChI is InChI=1S/C22H20BrClN4O3S/c1-4-17(29)27-16-9-7-6-8-13(16)18-20(30)25-22(32-5-2)26-28(18)21(27)14-10-12(24)11-15(23)19(14)31-3/h6-11,21H,4-5H2,1-3H3/p+1/t21-/m0/s1. The minimum absolute atomic E-state index is 0.120. The minimum atomic E-state index is -0.768. The van der Waals surface area contributed by atoms with Gasteiger partial charge in [-0.3, -0.25) is 14.6 Å². The number of anilines is 1. The number of methoxy groups -OCH3 is 1. The Bertz CT molecular complexity index is 1270. The fourth-order valence-electron chi connectivity index (χ4n) is 3.88. The number of hydrogen-bond acceptors (Lipinski definition) is 5. The number of carbonyl (C=O) groups is 1. The summed E-state index contributed by atoms with van der Waals surface area (Å²) in [6, 6.07) is 10.8. The molecule has 166 valence electrons. The van der Waals surface area contributed by atoms with E-state index in [9.17, 15) is 9.59 Å². The summed E-state index contributed by atoms with van der Waals surface area (Å²) >= 11 is 11.3. The molecule has 1 aromatic heterocycles. The van der Waals surface area contributed by atoms with Crippen molar-refractivity contribution in [2.45, 2.75) is 31.6 Å². The van der Waals surface area contributed by atoms with Crippen molar-refractivity contribution in [2.75, 3.05) is 17.8 Å². The van der Waals surface area contributed by atoms with E-state index in [1.807, 2.05) is 31.2 Å². The zero-order chi connectivity index (χ0) is 23.0. The first-order valence-corrected chi connectivity index (χ1v) is 12.2. The smallest absolute Gasteiger partial charge is 0.325 e. The van der Waals surface area contributed by atoms with Crippen LogP contribution in [0.15, 0.2) is 50.8 Å². The second-order valence-corrected chi connectivity index (χ2v) is 9.55. The van der Waals surface area contributed by atoms with Crippen LogP contribution in [0.5, 0.6) is 5.75 Å². The fourth-order valence-corrected chi connectivity index (χ4v) is 5.46. The zero-order valence-electron chi connectivity index (χ0n) is 17.7. The van der Waals surface area contributed by atoms with Gasteiger partial charge in [-0.1, -0.05) is 49.3 Å². The molecule has 1 amide bonds. The molecule has 0 aliphatic carbocycles. The number of fused-ring (bicyclic) bond motifs is 3. The molecular formula is C22H21BrClN4O3S+. The first-order chi connectivity index (χ1) is 15.4. The Kier molecular flexibility index (Phi) is 6.60. The highest BCUT2D eigenvalue weighted by Crippen LogP contribution is 2.43. The zero-order valence-corrected chi connectivity index (χ0v) is 20.8. The van der Waals surface area contributed by atoms with Gasteiger partial charge in [-0.2, -0.15) is 0 Å².